The summed E-state index contributed by atoms with van der Waals surface area (Å²) in [6, 6.07) is -1.11. The number of Topliss-reactive ketones (excluding diaryl/α,β-unsaturated/α-hetero) is 3. The maximum absolute atomic E-state index is 14.4. The maximum Gasteiger partial charge on any atom is 0.329 e. The number of piperidine rings is 1. The molecular formula is C52H81NO12. The predicted molar refractivity (Wildman–Crippen MR) is 248 cm³/mol. The van der Waals surface area contributed by atoms with Gasteiger partial charge in [-0.05, 0) is 113 Å². The molecule has 3 heterocycles. The van der Waals surface area contributed by atoms with Crippen LogP contribution in [0.1, 0.15) is 132 Å². The van der Waals surface area contributed by atoms with Crippen LogP contribution in [0.4, 0.5) is 0 Å². The number of rotatable bonds is 6. The van der Waals surface area contributed by atoms with Gasteiger partial charge in [-0.15, -0.1) is 0 Å². The van der Waals surface area contributed by atoms with E-state index >= 15 is 0 Å². The Morgan fingerprint density at radius 2 is 1.58 bits per heavy atom. The van der Waals surface area contributed by atoms with E-state index in [1.54, 1.807) is 41.1 Å². The van der Waals surface area contributed by atoms with Gasteiger partial charge in [0.25, 0.3) is 11.7 Å². The van der Waals surface area contributed by atoms with Crippen molar-refractivity contribution in [2.45, 2.75) is 181 Å². The highest BCUT2D eigenvalue weighted by Crippen LogP contribution is 2.38. The molecule has 0 spiro atoms. The Morgan fingerprint density at radius 3 is 2.26 bits per heavy atom. The molecule has 3 aliphatic heterocycles. The molecular weight excluding hydrogens is 831 g/mol. The van der Waals surface area contributed by atoms with E-state index in [0.717, 1.165) is 24.8 Å². The van der Waals surface area contributed by atoms with Gasteiger partial charge in [-0.2, -0.15) is 0 Å². The van der Waals surface area contributed by atoms with Crippen LogP contribution >= 0.6 is 0 Å². The molecule has 2 saturated heterocycles. The van der Waals surface area contributed by atoms with E-state index in [9.17, 15) is 34.2 Å². The first kappa shape index (κ1) is 54.3. The van der Waals surface area contributed by atoms with Gasteiger partial charge < -0.3 is 38.8 Å². The van der Waals surface area contributed by atoms with Gasteiger partial charge in [0.1, 0.15) is 18.2 Å². The molecule has 366 valence electrons. The molecule has 4 rings (SSSR count). The average Bonchev–Trinajstić information content (AvgIpc) is 3.28. The SMILES string of the molecule is CO[C@H]1C[C@@H]2CC[C@@H](C)[C@@](O)(O2)C(=O)C(=O)N2CCCC[C@H]2C(=O)O[C@H]([C@H](C)C[C@@H]2CCC(C)[C@H](OC)C2)CC(=O)C(C)=CC(C)[C@@H](O)[C@@H](OC)C(=O)[C@H](C)C[C@H](C)C=CC=CC=C1C. The van der Waals surface area contributed by atoms with Crippen molar-refractivity contribution in [1.29, 1.82) is 0 Å². The van der Waals surface area contributed by atoms with E-state index < -0.39 is 77.8 Å². The van der Waals surface area contributed by atoms with Crippen molar-refractivity contribution < 1.29 is 57.9 Å². The van der Waals surface area contributed by atoms with Gasteiger partial charge >= 0.3 is 5.97 Å². The van der Waals surface area contributed by atoms with Crippen LogP contribution in [0.2, 0.25) is 0 Å². The summed E-state index contributed by atoms with van der Waals surface area (Å²) < 4.78 is 29.7. The first-order valence-electron chi connectivity index (χ1n) is 24.2. The molecule has 2 bridgehead atoms. The summed E-state index contributed by atoms with van der Waals surface area (Å²) in [7, 11) is 4.71. The Labute approximate surface area is 388 Å². The number of cyclic esters (lactones) is 1. The molecule has 2 unspecified atom stereocenters. The standard InChI is InChI=1S/C52H81NO12/c1-31-17-13-12-14-18-32(2)44(62-10)29-40-23-21-38(8)52(60,65-40)49(57)50(58)53-24-16-15-19-41(53)51(59)64-45(35(5)27-39-22-20-33(3)43(28-39)61-9)30-42(54)34(4)26-37(7)47(56)48(63-11)46(55)36(6)25-31/h12-14,17-18,26,31,33,35-41,43-45,47-48,56,60H,15-16,19-25,27-30H2,1-11H3/t31-,33?,35-,36-,37?,38-,39+,40+,41+,43-,44+,45+,47-,48+,52-/m1/s1. The number of ketones is 3. The number of carbonyl (C=O) groups is 5. The van der Waals surface area contributed by atoms with Crippen molar-refractivity contribution in [3.05, 3.63) is 47.6 Å². The minimum Gasteiger partial charge on any atom is -0.460 e. The second-order valence-corrected chi connectivity index (χ2v) is 20.0. The molecule has 13 heteroatoms. The Balaban J connectivity index is 1.70. The largest absolute Gasteiger partial charge is 0.460 e. The highest BCUT2D eigenvalue weighted by Gasteiger charge is 2.53. The van der Waals surface area contributed by atoms with E-state index in [1.165, 1.54) is 12.0 Å². The molecule has 4 aliphatic rings. The number of ether oxygens (including phenoxy) is 5. The molecule has 2 N–H and O–H groups in total. The molecule has 0 aromatic carbocycles. The number of amides is 1. The zero-order valence-electron chi connectivity index (χ0n) is 41.2. The van der Waals surface area contributed by atoms with E-state index in [4.69, 9.17) is 23.7 Å². The number of hydrogen-bond acceptors (Lipinski definition) is 12. The monoisotopic (exact) mass is 912 g/mol. The van der Waals surface area contributed by atoms with Crippen molar-refractivity contribution in [3.8, 4) is 0 Å². The van der Waals surface area contributed by atoms with Crippen molar-refractivity contribution in [2.24, 2.45) is 41.4 Å². The third-order valence-corrected chi connectivity index (χ3v) is 14.9. The van der Waals surface area contributed by atoms with Crippen molar-refractivity contribution in [3.63, 3.8) is 0 Å². The van der Waals surface area contributed by atoms with Crippen LogP contribution in [-0.4, -0.2) is 121 Å². The van der Waals surface area contributed by atoms with Gasteiger partial charge in [0.2, 0.25) is 5.79 Å². The molecule has 0 radical (unpaired) electrons. The molecule has 1 aliphatic carbocycles. The van der Waals surface area contributed by atoms with Crippen molar-refractivity contribution >= 4 is 29.2 Å². The molecule has 1 amide bonds. The van der Waals surface area contributed by atoms with Crippen LogP contribution < -0.4 is 0 Å². The van der Waals surface area contributed by atoms with Crippen LogP contribution in [0.25, 0.3) is 0 Å². The minimum absolute atomic E-state index is 0.0331. The lowest BCUT2D eigenvalue weighted by Gasteiger charge is -2.42. The number of nitrogens with zero attached hydrogens (tertiary/aromatic N) is 1. The molecule has 0 aromatic heterocycles. The summed E-state index contributed by atoms with van der Waals surface area (Å²) in [4.78, 5) is 71.9. The van der Waals surface area contributed by atoms with Crippen LogP contribution in [0.5, 0.6) is 0 Å². The zero-order chi connectivity index (χ0) is 48.2. The second kappa shape index (κ2) is 25.2. The van der Waals surface area contributed by atoms with E-state index in [1.807, 2.05) is 58.1 Å². The Morgan fingerprint density at radius 1 is 0.862 bits per heavy atom. The summed E-state index contributed by atoms with van der Waals surface area (Å²) in [5, 5.41) is 23.4. The molecule has 65 heavy (non-hydrogen) atoms. The van der Waals surface area contributed by atoms with E-state index in [0.29, 0.717) is 56.4 Å². The lowest BCUT2D eigenvalue weighted by molar-refractivity contribution is -0.265. The normalized spacial score (nSPS) is 37.8. The van der Waals surface area contributed by atoms with Gasteiger partial charge in [0.05, 0.1) is 24.4 Å². The molecule has 0 aromatic rings. The number of fused-ring (bicyclic) bond motifs is 3. The Bertz CT molecular complexity index is 1750. The number of carbonyl (C=O) groups excluding carboxylic acids is 5. The summed E-state index contributed by atoms with van der Waals surface area (Å²) in [6.45, 7) is 15.1. The average molecular weight is 912 g/mol. The first-order chi connectivity index (χ1) is 30.7. The molecule has 3 fully saturated rings. The zero-order valence-corrected chi connectivity index (χ0v) is 41.2. The number of allylic oxidation sites excluding steroid dienone is 6. The Hall–Kier alpha value is -3.33. The van der Waals surface area contributed by atoms with Gasteiger partial charge in [-0.1, -0.05) is 78.0 Å². The second-order valence-electron chi connectivity index (χ2n) is 20.0. The quantitative estimate of drug-likeness (QED) is 0.199. The van der Waals surface area contributed by atoms with Gasteiger partial charge in [-0.3, -0.25) is 19.2 Å². The number of hydrogen-bond donors (Lipinski definition) is 2. The smallest absolute Gasteiger partial charge is 0.329 e. The van der Waals surface area contributed by atoms with E-state index in [-0.39, 0.29) is 54.8 Å². The van der Waals surface area contributed by atoms with Crippen molar-refractivity contribution in [2.75, 3.05) is 27.9 Å². The fourth-order valence-electron chi connectivity index (χ4n) is 10.4. The van der Waals surface area contributed by atoms with Crippen LogP contribution in [0, 0.1) is 41.4 Å². The fourth-order valence-corrected chi connectivity index (χ4v) is 10.4. The molecule has 1 saturated carbocycles. The number of esters is 1. The highest BCUT2D eigenvalue weighted by molar-refractivity contribution is 6.39. The first-order valence-corrected chi connectivity index (χ1v) is 24.2. The van der Waals surface area contributed by atoms with Gasteiger partial charge in [0, 0.05) is 58.5 Å². The minimum atomic E-state index is -2.41. The number of methoxy groups -OCH3 is 3. The summed E-state index contributed by atoms with van der Waals surface area (Å²) >= 11 is 0. The lowest BCUT2D eigenvalue weighted by Crippen LogP contribution is -2.61. The molecule has 15 atom stereocenters. The fraction of sp³-hybridized carbons (Fsp3) is 0.750. The van der Waals surface area contributed by atoms with Crippen LogP contribution in [0.15, 0.2) is 47.6 Å². The highest BCUT2D eigenvalue weighted by atomic mass is 16.6. The molecule has 13 nitrogen and oxygen atoms in total. The third kappa shape index (κ3) is 14.3. The van der Waals surface area contributed by atoms with Gasteiger partial charge in [0.15, 0.2) is 11.6 Å². The van der Waals surface area contributed by atoms with Crippen LogP contribution in [-0.2, 0) is 47.7 Å². The number of aliphatic hydroxyl groups excluding tert-OH is 1. The predicted octanol–water partition coefficient (Wildman–Crippen LogP) is 7.46. The topological polar surface area (TPSA) is 175 Å². The van der Waals surface area contributed by atoms with E-state index in [2.05, 4.69) is 6.92 Å². The van der Waals surface area contributed by atoms with Crippen LogP contribution in [0.3, 0.4) is 0 Å². The third-order valence-electron chi connectivity index (χ3n) is 14.9. The lowest BCUT2D eigenvalue weighted by atomic mass is 9.76. The summed E-state index contributed by atoms with van der Waals surface area (Å²) in [5.41, 5.74) is 1.23. The number of aliphatic hydroxyl groups is 2. The maximum atomic E-state index is 14.4. The summed E-state index contributed by atoms with van der Waals surface area (Å²) in [6.07, 6.45) is 13.7. The Kier molecular flexibility index (Phi) is 21.0. The van der Waals surface area contributed by atoms with Gasteiger partial charge in [-0.25, -0.2) is 4.79 Å². The van der Waals surface area contributed by atoms with Crippen molar-refractivity contribution in [1.82, 2.24) is 4.90 Å². The summed E-state index contributed by atoms with van der Waals surface area (Å²) in [5.74, 6) is -7.06.